The molecule has 0 radical (unpaired) electrons. The highest BCUT2D eigenvalue weighted by Crippen LogP contribution is 2.28. The summed E-state index contributed by atoms with van der Waals surface area (Å²) in [6.07, 6.45) is 6.19. The number of rotatable bonds is 3. The summed E-state index contributed by atoms with van der Waals surface area (Å²) in [6, 6.07) is 11.1. The lowest BCUT2D eigenvalue weighted by molar-refractivity contribution is 0.200. The van der Waals surface area contributed by atoms with Crippen molar-refractivity contribution >= 4 is 11.8 Å². The van der Waals surface area contributed by atoms with E-state index in [1.807, 2.05) is 11.8 Å². The molecule has 2 nitrogen and oxygen atoms in total. The molecular weight excluding hydrogens is 252 g/mol. The van der Waals surface area contributed by atoms with Gasteiger partial charge in [0.2, 0.25) is 0 Å². The van der Waals surface area contributed by atoms with Gasteiger partial charge in [-0.3, -0.25) is 4.90 Å². The summed E-state index contributed by atoms with van der Waals surface area (Å²) in [5.74, 6) is 0. The van der Waals surface area contributed by atoms with Gasteiger partial charge in [0.25, 0.3) is 0 Å². The van der Waals surface area contributed by atoms with E-state index in [0.717, 1.165) is 12.1 Å². The van der Waals surface area contributed by atoms with Crippen molar-refractivity contribution < 1.29 is 0 Å². The van der Waals surface area contributed by atoms with Crippen LogP contribution < -0.4 is 5.32 Å². The molecule has 2 aliphatic heterocycles. The van der Waals surface area contributed by atoms with Gasteiger partial charge >= 0.3 is 0 Å². The van der Waals surface area contributed by atoms with Crippen LogP contribution in [0.1, 0.15) is 37.8 Å². The third-order valence-electron chi connectivity index (χ3n) is 4.70. The Bertz CT molecular complexity index is 417. The van der Waals surface area contributed by atoms with E-state index in [1.54, 1.807) is 0 Å². The van der Waals surface area contributed by atoms with Crippen LogP contribution in [0.25, 0.3) is 0 Å². The first-order chi connectivity index (χ1) is 9.26. The lowest BCUT2D eigenvalue weighted by Crippen LogP contribution is -2.36. The van der Waals surface area contributed by atoms with Gasteiger partial charge in [-0.1, -0.05) is 12.1 Å². The summed E-state index contributed by atoms with van der Waals surface area (Å²) >= 11 is 1.81. The summed E-state index contributed by atoms with van der Waals surface area (Å²) < 4.78 is 0. The monoisotopic (exact) mass is 276 g/mol. The number of hydrogen-bond donors (Lipinski definition) is 1. The average Bonchev–Trinajstić information content (AvgIpc) is 2.78. The number of thioether (sulfide) groups is 1. The molecule has 1 aromatic rings. The Morgan fingerprint density at radius 3 is 2.63 bits per heavy atom. The minimum Gasteiger partial charge on any atom is -0.310 e. The zero-order valence-electron chi connectivity index (χ0n) is 11.9. The minimum atomic E-state index is 0.539. The van der Waals surface area contributed by atoms with Gasteiger partial charge in [-0.05, 0) is 50.1 Å². The van der Waals surface area contributed by atoms with Crippen molar-refractivity contribution in [2.24, 2.45) is 0 Å². The number of benzene rings is 1. The summed E-state index contributed by atoms with van der Waals surface area (Å²) in [6.45, 7) is 4.80. The van der Waals surface area contributed by atoms with E-state index in [0.29, 0.717) is 6.04 Å². The lowest BCUT2D eigenvalue weighted by Gasteiger charge is -2.30. The van der Waals surface area contributed by atoms with Gasteiger partial charge in [-0.15, -0.1) is 11.8 Å². The Hall–Kier alpha value is -0.510. The van der Waals surface area contributed by atoms with Gasteiger partial charge in [0, 0.05) is 36.1 Å². The third-order valence-corrected chi connectivity index (χ3v) is 5.44. The highest BCUT2D eigenvalue weighted by atomic mass is 32.2. The smallest absolute Gasteiger partial charge is 0.0320 e. The van der Waals surface area contributed by atoms with E-state index in [-0.39, 0.29) is 0 Å². The second-order valence-electron chi connectivity index (χ2n) is 5.87. The predicted octanol–water partition coefficient (Wildman–Crippen LogP) is 3.30. The van der Waals surface area contributed by atoms with Gasteiger partial charge in [0.05, 0.1) is 0 Å². The molecule has 1 aromatic carbocycles. The molecule has 2 bridgehead atoms. The van der Waals surface area contributed by atoms with Gasteiger partial charge in [-0.2, -0.15) is 0 Å². The molecule has 0 amide bonds. The van der Waals surface area contributed by atoms with E-state index in [9.17, 15) is 0 Å². The minimum absolute atomic E-state index is 0.539. The van der Waals surface area contributed by atoms with Gasteiger partial charge in [0.1, 0.15) is 0 Å². The predicted molar refractivity (Wildman–Crippen MR) is 82.8 cm³/mol. The zero-order valence-corrected chi connectivity index (χ0v) is 12.7. The van der Waals surface area contributed by atoms with E-state index in [1.165, 1.54) is 42.8 Å². The Labute approximate surface area is 121 Å². The largest absolute Gasteiger partial charge is 0.310 e. The topological polar surface area (TPSA) is 15.3 Å². The van der Waals surface area contributed by atoms with Crippen molar-refractivity contribution in [3.63, 3.8) is 0 Å². The lowest BCUT2D eigenvalue weighted by atomic mass is 10.0. The molecular formula is C16H24N2S. The van der Waals surface area contributed by atoms with Crippen LogP contribution in [0.15, 0.2) is 29.2 Å². The Kier molecular flexibility index (Phi) is 4.15. The number of nitrogens with zero attached hydrogens (tertiary/aromatic N) is 1. The quantitative estimate of drug-likeness (QED) is 0.853. The molecule has 104 valence electrons. The fourth-order valence-corrected chi connectivity index (χ4v) is 3.82. The van der Waals surface area contributed by atoms with Crippen molar-refractivity contribution in [3.05, 3.63) is 29.8 Å². The Morgan fingerprint density at radius 2 is 1.89 bits per heavy atom. The Balaban J connectivity index is 1.69. The van der Waals surface area contributed by atoms with Crippen LogP contribution in [0.2, 0.25) is 0 Å². The summed E-state index contributed by atoms with van der Waals surface area (Å²) in [5, 5.41) is 3.76. The van der Waals surface area contributed by atoms with E-state index in [2.05, 4.69) is 47.7 Å². The van der Waals surface area contributed by atoms with E-state index in [4.69, 9.17) is 0 Å². The molecule has 3 rings (SSSR count). The van der Waals surface area contributed by atoms with Crippen LogP contribution in [-0.4, -0.2) is 36.3 Å². The van der Waals surface area contributed by atoms with Crippen molar-refractivity contribution in [1.82, 2.24) is 10.2 Å². The molecule has 0 saturated carbocycles. The Morgan fingerprint density at radius 1 is 1.16 bits per heavy atom. The molecule has 19 heavy (non-hydrogen) atoms. The first-order valence-corrected chi connectivity index (χ1v) is 8.63. The maximum Gasteiger partial charge on any atom is 0.0320 e. The number of nitrogens with one attached hydrogen (secondary N) is 1. The molecule has 2 heterocycles. The summed E-state index contributed by atoms with van der Waals surface area (Å²) in [4.78, 5) is 4.01. The highest BCUT2D eigenvalue weighted by Gasteiger charge is 2.31. The van der Waals surface area contributed by atoms with Gasteiger partial charge < -0.3 is 5.32 Å². The molecule has 0 aromatic heterocycles. The molecule has 2 fully saturated rings. The molecule has 3 heteroatoms. The number of likely N-dealkylation sites (tertiary alicyclic amines) is 1. The molecule has 2 saturated heterocycles. The SMILES string of the molecule is CSc1ccc(C(C)N2CCC3CCC(C2)N3)cc1. The van der Waals surface area contributed by atoms with Crippen molar-refractivity contribution in [1.29, 1.82) is 0 Å². The molecule has 3 atom stereocenters. The maximum atomic E-state index is 3.76. The average molecular weight is 276 g/mol. The molecule has 3 unspecified atom stereocenters. The number of hydrogen-bond acceptors (Lipinski definition) is 3. The standard InChI is InChI=1S/C16H24N2S/c1-12(13-3-7-16(19-2)8-4-13)18-10-9-14-5-6-15(11-18)17-14/h3-4,7-8,12,14-15,17H,5-6,9-11H2,1-2H3. The summed E-state index contributed by atoms with van der Waals surface area (Å²) in [5.41, 5.74) is 1.45. The van der Waals surface area contributed by atoms with E-state index >= 15 is 0 Å². The van der Waals surface area contributed by atoms with Crippen LogP contribution in [0.3, 0.4) is 0 Å². The molecule has 1 N–H and O–H groups in total. The van der Waals surface area contributed by atoms with Crippen LogP contribution >= 0.6 is 11.8 Å². The zero-order chi connectivity index (χ0) is 13.2. The van der Waals surface area contributed by atoms with Crippen molar-refractivity contribution in [3.8, 4) is 0 Å². The second-order valence-corrected chi connectivity index (χ2v) is 6.75. The van der Waals surface area contributed by atoms with Crippen molar-refractivity contribution in [2.45, 2.75) is 49.2 Å². The first-order valence-electron chi connectivity index (χ1n) is 7.40. The fraction of sp³-hybridized carbons (Fsp3) is 0.625. The third kappa shape index (κ3) is 2.99. The fourth-order valence-electron chi connectivity index (χ4n) is 3.42. The van der Waals surface area contributed by atoms with Crippen LogP contribution in [-0.2, 0) is 0 Å². The second kappa shape index (κ2) is 5.86. The maximum absolute atomic E-state index is 3.76. The van der Waals surface area contributed by atoms with Crippen LogP contribution in [0.5, 0.6) is 0 Å². The first kappa shape index (κ1) is 13.5. The summed E-state index contributed by atoms with van der Waals surface area (Å²) in [7, 11) is 0. The van der Waals surface area contributed by atoms with Crippen LogP contribution in [0, 0.1) is 0 Å². The molecule has 0 aliphatic carbocycles. The van der Waals surface area contributed by atoms with Gasteiger partial charge in [0.15, 0.2) is 0 Å². The number of fused-ring (bicyclic) bond motifs is 2. The molecule has 2 aliphatic rings. The molecule has 0 spiro atoms. The normalized spacial score (nSPS) is 29.2. The highest BCUT2D eigenvalue weighted by molar-refractivity contribution is 7.98. The van der Waals surface area contributed by atoms with Crippen molar-refractivity contribution in [2.75, 3.05) is 19.3 Å². The van der Waals surface area contributed by atoms with Gasteiger partial charge in [-0.25, -0.2) is 0 Å². The van der Waals surface area contributed by atoms with E-state index < -0.39 is 0 Å². The van der Waals surface area contributed by atoms with Crippen LogP contribution in [0.4, 0.5) is 0 Å².